The molecule has 5 aromatic rings. The highest BCUT2D eigenvalue weighted by atomic mass is 16.5. The van der Waals surface area contributed by atoms with Crippen LogP contribution >= 0.6 is 0 Å². The molecule has 0 saturated heterocycles. The molecule has 0 spiro atoms. The standard InChI is InChI=1S/C45H51BN2O2/c1-6-10-27-45(46)43-31-35(33-11-17-37(18-12-33)47(8-3)28-7-2)15-25-41(43)42-26-16-36(32-44(42)45)34-13-19-38(20-14-34)48(9-4)29-30-50-40-23-21-39(49-5)22-24-40/h11-26,31-32H,6-10,27-30H2,1-5H3. The summed E-state index contributed by atoms with van der Waals surface area (Å²) >= 11 is 0. The molecule has 0 aliphatic heterocycles. The van der Waals surface area contributed by atoms with E-state index < -0.39 is 5.31 Å². The van der Waals surface area contributed by atoms with Crippen LogP contribution in [0.4, 0.5) is 11.4 Å². The predicted molar refractivity (Wildman–Crippen MR) is 213 cm³/mol. The van der Waals surface area contributed by atoms with Gasteiger partial charge in [0.05, 0.1) is 21.5 Å². The second-order valence-corrected chi connectivity index (χ2v) is 13.4. The molecule has 2 radical (unpaired) electrons. The van der Waals surface area contributed by atoms with Crippen molar-refractivity contribution in [2.45, 2.75) is 58.7 Å². The Morgan fingerprint density at radius 1 is 0.560 bits per heavy atom. The maximum Gasteiger partial charge on any atom is 0.119 e. The molecule has 0 fully saturated rings. The first-order valence-electron chi connectivity index (χ1n) is 18.5. The van der Waals surface area contributed by atoms with Gasteiger partial charge in [-0.2, -0.15) is 0 Å². The Morgan fingerprint density at radius 2 is 1.04 bits per heavy atom. The van der Waals surface area contributed by atoms with Gasteiger partial charge in [0, 0.05) is 31.0 Å². The third-order valence-electron chi connectivity index (χ3n) is 10.3. The number of hydrogen-bond acceptors (Lipinski definition) is 4. The molecule has 0 bridgehead atoms. The van der Waals surface area contributed by atoms with E-state index in [1.54, 1.807) is 7.11 Å². The fourth-order valence-corrected chi connectivity index (χ4v) is 7.41. The summed E-state index contributed by atoms with van der Waals surface area (Å²) < 4.78 is 11.3. The first-order valence-corrected chi connectivity index (χ1v) is 18.5. The van der Waals surface area contributed by atoms with E-state index in [0.717, 1.165) is 63.4 Å². The Bertz CT molecular complexity index is 1850. The Morgan fingerprint density at radius 3 is 1.50 bits per heavy atom. The zero-order valence-electron chi connectivity index (χ0n) is 30.5. The van der Waals surface area contributed by atoms with E-state index >= 15 is 0 Å². The van der Waals surface area contributed by atoms with Gasteiger partial charge in [-0.15, -0.1) is 0 Å². The van der Waals surface area contributed by atoms with Crippen molar-refractivity contribution in [3.63, 3.8) is 0 Å². The van der Waals surface area contributed by atoms with Crippen LogP contribution in [0.5, 0.6) is 11.5 Å². The number of nitrogens with zero attached hydrogens (tertiary/aromatic N) is 2. The van der Waals surface area contributed by atoms with Crippen molar-refractivity contribution < 1.29 is 9.47 Å². The van der Waals surface area contributed by atoms with E-state index in [1.807, 2.05) is 24.3 Å². The van der Waals surface area contributed by atoms with E-state index in [1.165, 1.54) is 55.9 Å². The van der Waals surface area contributed by atoms with Crippen molar-refractivity contribution >= 4 is 19.2 Å². The van der Waals surface area contributed by atoms with Crippen molar-refractivity contribution in [2.24, 2.45) is 0 Å². The van der Waals surface area contributed by atoms with Gasteiger partial charge in [-0.1, -0.05) is 87.4 Å². The zero-order valence-corrected chi connectivity index (χ0v) is 30.5. The average molecular weight is 663 g/mol. The fourth-order valence-electron chi connectivity index (χ4n) is 7.41. The highest BCUT2D eigenvalue weighted by molar-refractivity contribution is 6.21. The van der Waals surface area contributed by atoms with Crippen molar-refractivity contribution in [1.29, 1.82) is 0 Å². The van der Waals surface area contributed by atoms with Gasteiger partial charge in [0.2, 0.25) is 0 Å². The van der Waals surface area contributed by atoms with Crippen molar-refractivity contribution in [3.8, 4) is 44.9 Å². The average Bonchev–Trinajstić information content (AvgIpc) is 3.41. The van der Waals surface area contributed by atoms with Crippen molar-refractivity contribution in [3.05, 3.63) is 120 Å². The highest BCUT2D eigenvalue weighted by Crippen LogP contribution is 2.51. The summed E-state index contributed by atoms with van der Waals surface area (Å²) in [5.74, 6) is 1.68. The minimum Gasteiger partial charge on any atom is -0.497 e. The monoisotopic (exact) mass is 662 g/mol. The van der Waals surface area contributed by atoms with Crippen LogP contribution in [0.3, 0.4) is 0 Å². The Labute approximate surface area is 301 Å². The summed E-state index contributed by atoms with van der Waals surface area (Å²) in [5.41, 5.74) is 12.3. The van der Waals surface area contributed by atoms with Gasteiger partial charge in [-0.05, 0) is 125 Å². The van der Waals surface area contributed by atoms with Gasteiger partial charge in [0.1, 0.15) is 18.1 Å². The third-order valence-corrected chi connectivity index (χ3v) is 10.3. The predicted octanol–water partition coefficient (Wildman–Crippen LogP) is 10.8. The van der Waals surface area contributed by atoms with Crippen LogP contribution in [-0.2, 0) is 5.31 Å². The van der Waals surface area contributed by atoms with Crippen LogP contribution in [0.2, 0.25) is 0 Å². The molecule has 5 aromatic carbocycles. The van der Waals surface area contributed by atoms with Crippen LogP contribution in [-0.4, -0.2) is 47.7 Å². The molecule has 6 rings (SSSR count). The molecule has 0 amide bonds. The molecular formula is C45H51BN2O2. The van der Waals surface area contributed by atoms with E-state index in [9.17, 15) is 0 Å². The van der Waals surface area contributed by atoms with Gasteiger partial charge < -0.3 is 19.3 Å². The molecule has 1 aliphatic carbocycles. The number of benzene rings is 5. The largest absolute Gasteiger partial charge is 0.497 e. The lowest BCUT2D eigenvalue weighted by molar-refractivity contribution is 0.323. The first kappa shape index (κ1) is 35.2. The molecule has 4 nitrogen and oxygen atoms in total. The van der Waals surface area contributed by atoms with E-state index in [4.69, 9.17) is 17.3 Å². The van der Waals surface area contributed by atoms with Crippen LogP contribution in [0.25, 0.3) is 33.4 Å². The Kier molecular flexibility index (Phi) is 11.2. The van der Waals surface area contributed by atoms with Crippen molar-refractivity contribution in [1.82, 2.24) is 0 Å². The van der Waals surface area contributed by atoms with E-state index in [0.29, 0.717) is 6.61 Å². The Balaban J connectivity index is 1.22. The summed E-state index contributed by atoms with van der Waals surface area (Å²) in [5, 5.41) is -0.532. The number of ether oxygens (including phenoxy) is 2. The zero-order chi connectivity index (χ0) is 35.1. The topological polar surface area (TPSA) is 24.9 Å². The molecule has 50 heavy (non-hydrogen) atoms. The van der Waals surface area contributed by atoms with Crippen molar-refractivity contribution in [2.75, 3.05) is 49.7 Å². The third kappa shape index (κ3) is 7.28. The summed E-state index contributed by atoms with van der Waals surface area (Å²) in [4.78, 5) is 4.78. The number of anilines is 2. The van der Waals surface area contributed by atoms with Gasteiger partial charge >= 0.3 is 0 Å². The molecule has 256 valence electrons. The molecule has 0 aromatic heterocycles. The fraction of sp³-hybridized carbons (Fsp3) is 0.333. The van der Waals surface area contributed by atoms with Gasteiger partial charge in [0.25, 0.3) is 0 Å². The summed E-state index contributed by atoms with van der Waals surface area (Å²) in [7, 11) is 9.20. The van der Waals surface area contributed by atoms with Crippen LogP contribution < -0.4 is 19.3 Å². The number of unbranched alkanes of at least 4 members (excludes halogenated alkanes) is 1. The van der Waals surface area contributed by atoms with Crippen LogP contribution in [0.1, 0.15) is 64.5 Å². The number of rotatable bonds is 16. The second-order valence-electron chi connectivity index (χ2n) is 13.4. The number of fused-ring (bicyclic) bond motifs is 3. The molecular weight excluding hydrogens is 611 g/mol. The molecule has 5 heteroatoms. The molecule has 1 aliphatic rings. The minimum atomic E-state index is -0.532. The SMILES string of the molecule is [B]C1(CCCC)c2cc(-c3ccc(N(CC)CCC)cc3)ccc2-c2ccc(-c3ccc(N(CC)CCOc4ccc(OC)cc4)cc3)cc21. The smallest absolute Gasteiger partial charge is 0.119 e. The first-order chi connectivity index (χ1) is 24.4. The molecule has 1 atom stereocenters. The van der Waals surface area contributed by atoms with Gasteiger partial charge in [0.15, 0.2) is 0 Å². The second kappa shape index (κ2) is 15.9. The summed E-state index contributed by atoms with van der Waals surface area (Å²) in [6, 6.07) is 39.5. The molecule has 0 heterocycles. The van der Waals surface area contributed by atoms with Gasteiger partial charge in [-0.3, -0.25) is 0 Å². The number of likely N-dealkylation sites (N-methyl/N-ethyl adjacent to an activating group) is 1. The quantitative estimate of drug-likeness (QED) is 0.0982. The Hall–Kier alpha value is -4.64. The lowest BCUT2D eigenvalue weighted by atomic mass is 9.59. The summed E-state index contributed by atoms with van der Waals surface area (Å²) in [6.07, 6.45) is 4.24. The van der Waals surface area contributed by atoms with Crippen LogP contribution in [0, 0.1) is 0 Å². The lowest BCUT2D eigenvalue weighted by Gasteiger charge is -2.29. The molecule has 0 N–H and O–H groups in total. The molecule has 0 saturated carbocycles. The van der Waals surface area contributed by atoms with Crippen LogP contribution in [0.15, 0.2) is 109 Å². The van der Waals surface area contributed by atoms with E-state index in [-0.39, 0.29) is 0 Å². The molecule has 1 unspecified atom stereocenters. The van der Waals surface area contributed by atoms with E-state index in [2.05, 4.69) is 122 Å². The maximum atomic E-state index is 7.53. The highest BCUT2D eigenvalue weighted by Gasteiger charge is 2.38. The van der Waals surface area contributed by atoms with Gasteiger partial charge in [-0.25, -0.2) is 0 Å². The maximum absolute atomic E-state index is 7.53. The lowest BCUT2D eigenvalue weighted by Crippen LogP contribution is -2.28. The summed E-state index contributed by atoms with van der Waals surface area (Å²) in [6.45, 7) is 13.3. The number of methoxy groups -OCH3 is 1. The number of hydrogen-bond donors (Lipinski definition) is 0. The normalized spacial score (nSPS) is 14.6. The minimum absolute atomic E-state index is 0.532.